The third-order valence-electron chi connectivity index (χ3n) is 1.76. The molecule has 0 N–H and O–H groups in total. The standard InChI is InChI=1S/C6H9NO3/c8-6-2-1-5(3-6)4-7(9)10/h5H,1-4H2. The Morgan fingerprint density at radius 1 is 1.70 bits per heavy atom. The van der Waals surface area contributed by atoms with E-state index in [9.17, 15) is 14.9 Å². The first-order valence-electron chi connectivity index (χ1n) is 3.32. The molecule has 1 atom stereocenters. The van der Waals surface area contributed by atoms with E-state index >= 15 is 0 Å². The van der Waals surface area contributed by atoms with Gasteiger partial charge in [-0.15, -0.1) is 0 Å². The van der Waals surface area contributed by atoms with E-state index in [1.165, 1.54) is 0 Å². The van der Waals surface area contributed by atoms with E-state index in [-0.39, 0.29) is 23.2 Å². The van der Waals surface area contributed by atoms with Gasteiger partial charge in [0.05, 0.1) is 0 Å². The summed E-state index contributed by atoms with van der Waals surface area (Å²) in [6.45, 7) is -0.0360. The van der Waals surface area contributed by atoms with Crippen molar-refractivity contribution in [2.45, 2.75) is 19.3 Å². The number of hydrogen-bond acceptors (Lipinski definition) is 3. The minimum Gasteiger partial charge on any atom is -0.300 e. The van der Waals surface area contributed by atoms with Crippen molar-refractivity contribution >= 4 is 5.78 Å². The summed E-state index contributed by atoms with van der Waals surface area (Å²) >= 11 is 0. The molecule has 0 saturated heterocycles. The van der Waals surface area contributed by atoms with Crippen LogP contribution in [0.5, 0.6) is 0 Å². The maximum Gasteiger partial charge on any atom is 0.207 e. The molecule has 1 aliphatic carbocycles. The van der Waals surface area contributed by atoms with Crippen molar-refractivity contribution in [3.05, 3.63) is 10.1 Å². The van der Waals surface area contributed by atoms with Crippen molar-refractivity contribution in [3.63, 3.8) is 0 Å². The number of carbonyl (C=O) groups excluding carboxylic acids is 1. The number of rotatable bonds is 2. The zero-order valence-corrected chi connectivity index (χ0v) is 5.58. The van der Waals surface area contributed by atoms with Gasteiger partial charge in [-0.1, -0.05) is 0 Å². The van der Waals surface area contributed by atoms with Gasteiger partial charge in [0.15, 0.2) is 0 Å². The van der Waals surface area contributed by atoms with Crippen LogP contribution in [0, 0.1) is 16.0 Å². The van der Waals surface area contributed by atoms with E-state index < -0.39 is 0 Å². The van der Waals surface area contributed by atoms with Crippen molar-refractivity contribution in [2.24, 2.45) is 5.92 Å². The molecule has 4 heteroatoms. The number of carbonyl (C=O) groups is 1. The Morgan fingerprint density at radius 2 is 2.40 bits per heavy atom. The zero-order valence-electron chi connectivity index (χ0n) is 5.58. The van der Waals surface area contributed by atoms with Gasteiger partial charge in [0, 0.05) is 23.7 Å². The molecule has 10 heavy (non-hydrogen) atoms. The molecular weight excluding hydrogens is 134 g/mol. The van der Waals surface area contributed by atoms with Crippen molar-refractivity contribution in [1.29, 1.82) is 0 Å². The van der Waals surface area contributed by atoms with Gasteiger partial charge in [0.1, 0.15) is 5.78 Å². The highest BCUT2D eigenvalue weighted by Crippen LogP contribution is 2.21. The largest absolute Gasteiger partial charge is 0.300 e. The number of nitrogens with zero attached hydrogens (tertiary/aromatic N) is 1. The molecule has 0 amide bonds. The summed E-state index contributed by atoms with van der Waals surface area (Å²) < 4.78 is 0. The van der Waals surface area contributed by atoms with Crippen LogP contribution in [0.1, 0.15) is 19.3 Å². The lowest BCUT2D eigenvalue weighted by Gasteiger charge is -1.98. The molecule has 0 radical (unpaired) electrons. The first kappa shape index (κ1) is 7.18. The van der Waals surface area contributed by atoms with Gasteiger partial charge < -0.3 is 0 Å². The van der Waals surface area contributed by atoms with E-state index in [0.29, 0.717) is 19.3 Å². The molecule has 0 aromatic rings. The predicted octanol–water partition coefficient (Wildman–Crippen LogP) is 0.632. The molecule has 0 bridgehead atoms. The van der Waals surface area contributed by atoms with Crippen LogP contribution in [0.15, 0.2) is 0 Å². The van der Waals surface area contributed by atoms with E-state index in [0.717, 1.165) is 0 Å². The lowest BCUT2D eigenvalue weighted by molar-refractivity contribution is -0.487. The molecule has 0 heterocycles. The molecule has 4 nitrogen and oxygen atoms in total. The van der Waals surface area contributed by atoms with Crippen molar-refractivity contribution < 1.29 is 9.72 Å². The second kappa shape index (κ2) is 2.77. The summed E-state index contributed by atoms with van der Waals surface area (Å²) in [5.74, 6) is 0.189. The number of Topliss-reactive ketones (excluding diaryl/α,β-unsaturated/α-hetero) is 1. The lowest BCUT2D eigenvalue weighted by atomic mass is 10.1. The minimum absolute atomic E-state index is 0.0162. The normalized spacial score (nSPS) is 25.2. The fourth-order valence-electron chi connectivity index (χ4n) is 1.26. The SMILES string of the molecule is O=C1CCC(C[N+](=O)[O-])C1. The number of hydrogen-bond donors (Lipinski definition) is 0. The molecule has 0 aliphatic heterocycles. The Balaban J connectivity index is 2.31. The highest BCUT2D eigenvalue weighted by Gasteiger charge is 2.25. The Kier molecular flexibility index (Phi) is 1.99. The highest BCUT2D eigenvalue weighted by molar-refractivity contribution is 5.80. The molecule has 0 aromatic carbocycles. The van der Waals surface area contributed by atoms with E-state index in [4.69, 9.17) is 0 Å². The van der Waals surface area contributed by atoms with Gasteiger partial charge >= 0.3 is 0 Å². The van der Waals surface area contributed by atoms with Gasteiger partial charge in [-0.3, -0.25) is 14.9 Å². The Hall–Kier alpha value is -0.930. The highest BCUT2D eigenvalue weighted by atomic mass is 16.6. The van der Waals surface area contributed by atoms with Crippen LogP contribution in [0.25, 0.3) is 0 Å². The van der Waals surface area contributed by atoms with Crippen LogP contribution in [0.3, 0.4) is 0 Å². The Bertz CT molecular complexity index is 166. The summed E-state index contributed by atoms with van der Waals surface area (Å²) in [6.07, 6.45) is 1.67. The average molecular weight is 143 g/mol. The minimum atomic E-state index is -0.344. The maximum atomic E-state index is 10.6. The third kappa shape index (κ3) is 1.79. The van der Waals surface area contributed by atoms with Crippen LogP contribution in [-0.4, -0.2) is 17.3 Å². The van der Waals surface area contributed by atoms with Crippen LogP contribution in [0.4, 0.5) is 0 Å². The van der Waals surface area contributed by atoms with Gasteiger partial charge in [-0.25, -0.2) is 0 Å². The van der Waals surface area contributed by atoms with Gasteiger partial charge in [0.25, 0.3) is 0 Å². The zero-order chi connectivity index (χ0) is 7.56. The topological polar surface area (TPSA) is 60.2 Å². The van der Waals surface area contributed by atoms with Crippen LogP contribution in [0.2, 0.25) is 0 Å². The predicted molar refractivity (Wildman–Crippen MR) is 34.2 cm³/mol. The second-order valence-electron chi connectivity index (χ2n) is 2.66. The van der Waals surface area contributed by atoms with Crippen LogP contribution >= 0.6 is 0 Å². The lowest BCUT2D eigenvalue weighted by Crippen LogP contribution is -2.10. The molecule has 0 spiro atoms. The smallest absolute Gasteiger partial charge is 0.207 e. The first-order chi connectivity index (χ1) is 4.68. The summed E-state index contributed by atoms with van der Waals surface area (Å²) in [6, 6.07) is 0. The summed E-state index contributed by atoms with van der Waals surface area (Å²) in [5.41, 5.74) is 0. The van der Waals surface area contributed by atoms with Crippen LogP contribution < -0.4 is 0 Å². The number of nitro groups is 1. The molecule has 1 aliphatic rings. The Morgan fingerprint density at radius 3 is 2.80 bits per heavy atom. The maximum absolute atomic E-state index is 10.6. The van der Waals surface area contributed by atoms with E-state index in [1.54, 1.807) is 0 Å². The fourth-order valence-corrected chi connectivity index (χ4v) is 1.26. The monoisotopic (exact) mass is 143 g/mol. The molecule has 0 aromatic heterocycles. The van der Waals surface area contributed by atoms with E-state index in [1.807, 2.05) is 0 Å². The molecule has 56 valence electrons. The van der Waals surface area contributed by atoms with Gasteiger partial charge in [0.2, 0.25) is 6.54 Å². The molecule has 1 saturated carbocycles. The second-order valence-corrected chi connectivity index (χ2v) is 2.66. The van der Waals surface area contributed by atoms with Crippen LogP contribution in [-0.2, 0) is 4.79 Å². The Labute approximate surface area is 58.4 Å². The molecular formula is C6H9NO3. The van der Waals surface area contributed by atoms with Crippen molar-refractivity contribution in [3.8, 4) is 0 Å². The summed E-state index contributed by atoms with van der Waals surface area (Å²) in [5, 5.41) is 9.96. The quantitative estimate of drug-likeness (QED) is 0.420. The first-order valence-corrected chi connectivity index (χ1v) is 3.32. The summed E-state index contributed by atoms with van der Waals surface area (Å²) in [4.78, 5) is 20.2. The van der Waals surface area contributed by atoms with Crippen molar-refractivity contribution in [2.75, 3.05) is 6.54 Å². The molecule has 1 fully saturated rings. The fraction of sp³-hybridized carbons (Fsp3) is 0.833. The molecule has 1 unspecified atom stereocenters. The van der Waals surface area contributed by atoms with E-state index in [2.05, 4.69) is 0 Å². The van der Waals surface area contributed by atoms with Gasteiger partial charge in [-0.05, 0) is 6.42 Å². The molecule has 1 rings (SSSR count). The van der Waals surface area contributed by atoms with Crippen molar-refractivity contribution in [1.82, 2.24) is 0 Å². The summed E-state index contributed by atoms with van der Waals surface area (Å²) in [7, 11) is 0. The third-order valence-corrected chi connectivity index (χ3v) is 1.76. The number of ketones is 1. The average Bonchev–Trinajstić information content (AvgIpc) is 2.13. The van der Waals surface area contributed by atoms with Gasteiger partial charge in [-0.2, -0.15) is 0 Å².